The monoisotopic (exact) mass is 434 g/mol. The number of aromatic amines is 1. The number of carbonyl (C=O) groups is 2. The van der Waals surface area contributed by atoms with E-state index in [-0.39, 0.29) is 17.8 Å². The third-order valence-electron chi connectivity index (χ3n) is 5.10. The topological polar surface area (TPSA) is 97.0 Å². The van der Waals surface area contributed by atoms with Crippen molar-refractivity contribution in [1.82, 2.24) is 15.2 Å². The van der Waals surface area contributed by atoms with E-state index in [1.165, 1.54) is 11.3 Å². The molecular formula is C23H22N4O3S. The third kappa shape index (κ3) is 3.90. The summed E-state index contributed by atoms with van der Waals surface area (Å²) in [6, 6.07) is 9.44. The molecule has 31 heavy (non-hydrogen) atoms. The van der Waals surface area contributed by atoms with Gasteiger partial charge in [-0.3, -0.25) is 9.89 Å². The second-order valence-corrected chi connectivity index (χ2v) is 9.82. The molecule has 2 aromatic carbocycles. The smallest absolute Gasteiger partial charge is 0.339 e. The van der Waals surface area contributed by atoms with E-state index < -0.39 is 5.60 Å². The van der Waals surface area contributed by atoms with Crippen molar-refractivity contribution in [2.24, 2.45) is 5.92 Å². The molecule has 1 amide bonds. The molecule has 2 N–H and O–H groups in total. The normalized spacial score (nSPS) is 14.2. The molecule has 0 saturated heterocycles. The van der Waals surface area contributed by atoms with Crippen LogP contribution in [0.15, 0.2) is 36.5 Å². The van der Waals surface area contributed by atoms with Gasteiger partial charge >= 0.3 is 5.97 Å². The van der Waals surface area contributed by atoms with Crippen molar-refractivity contribution in [1.29, 1.82) is 0 Å². The van der Waals surface area contributed by atoms with E-state index in [4.69, 9.17) is 4.74 Å². The molecule has 7 nitrogen and oxygen atoms in total. The summed E-state index contributed by atoms with van der Waals surface area (Å²) in [5.74, 6) is -0.223. The summed E-state index contributed by atoms with van der Waals surface area (Å²) in [6.45, 7) is 5.55. The number of nitrogens with zero attached hydrogens (tertiary/aromatic N) is 2. The summed E-state index contributed by atoms with van der Waals surface area (Å²) in [5.41, 5.74) is 3.15. The number of carbonyl (C=O) groups excluding carboxylic acids is 2. The summed E-state index contributed by atoms with van der Waals surface area (Å²) < 4.78 is 6.58. The molecule has 1 saturated carbocycles. The number of fused-ring (bicyclic) bond motifs is 2. The van der Waals surface area contributed by atoms with Crippen LogP contribution in [0.1, 0.15) is 44.0 Å². The van der Waals surface area contributed by atoms with Crippen molar-refractivity contribution in [3.8, 4) is 11.1 Å². The zero-order valence-electron chi connectivity index (χ0n) is 17.5. The Hall–Kier alpha value is -3.26. The molecule has 0 unspecified atom stereocenters. The third-order valence-corrected chi connectivity index (χ3v) is 6.03. The van der Waals surface area contributed by atoms with E-state index in [0.29, 0.717) is 10.7 Å². The number of H-pyrrole nitrogens is 1. The van der Waals surface area contributed by atoms with E-state index in [0.717, 1.165) is 45.1 Å². The molecule has 0 radical (unpaired) electrons. The van der Waals surface area contributed by atoms with Crippen LogP contribution in [0, 0.1) is 5.92 Å². The lowest BCUT2D eigenvalue weighted by Crippen LogP contribution is -2.24. The van der Waals surface area contributed by atoms with Crippen LogP contribution in [-0.2, 0) is 9.53 Å². The van der Waals surface area contributed by atoms with Crippen molar-refractivity contribution >= 4 is 49.5 Å². The average Bonchev–Trinajstić information content (AvgIpc) is 3.31. The highest BCUT2D eigenvalue weighted by Crippen LogP contribution is 2.37. The van der Waals surface area contributed by atoms with Crippen molar-refractivity contribution in [3.63, 3.8) is 0 Å². The highest BCUT2D eigenvalue weighted by molar-refractivity contribution is 7.22. The fourth-order valence-corrected chi connectivity index (χ4v) is 4.43. The first-order valence-corrected chi connectivity index (χ1v) is 11.0. The maximum Gasteiger partial charge on any atom is 0.339 e. The summed E-state index contributed by atoms with van der Waals surface area (Å²) in [4.78, 5) is 29.6. The van der Waals surface area contributed by atoms with Gasteiger partial charge in [0.25, 0.3) is 0 Å². The second kappa shape index (κ2) is 7.16. The molecule has 4 aromatic rings. The summed E-state index contributed by atoms with van der Waals surface area (Å²) >= 11 is 1.43. The molecule has 8 heteroatoms. The lowest BCUT2D eigenvalue weighted by atomic mass is 9.96. The summed E-state index contributed by atoms with van der Waals surface area (Å²) in [6.07, 6.45) is 3.61. The van der Waals surface area contributed by atoms with Crippen LogP contribution in [0.25, 0.3) is 32.2 Å². The van der Waals surface area contributed by atoms with Gasteiger partial charge in [0.2, 0.25) is 5.91 Å². The van der Waals surface area contributed by atoms with Crippen LogP contribution >= 0.6 is 11.3 Å². The van der Waals surface area contributed by atoms with Gasteiger partial charge < -0.3 is 10.1 Å². The number of hydrogen-bond donors (Lipinski definition) is 2. The number of ether oxygens (including phenoxy) is 1. The minimum absolute atomic E-state index is 0.0367. The van der Waals surface area contributed by atoms with Gasteiger partial charge in [-0.2, -0.15) is 5.10 Å². The minimum atomic E-state index is -0.601. The van der Waals surface area contributed by atoms with Crippen LogP contribution in [0.2, 0.25) is 0 Å². The first-order valence-electron chi connectivity index (χ1n) is 10.2. The zero-order chi connectivity index (χ0) is 21.8. The van der Waals surface area contributed by atoms with Crippen LogP contribution in [0.5, 0.6) is 0 Å². The van der Waals surface area contributed by atoms with Gasteiger partial charge in [-0.05, 0) is 63.4 Å². The molecule has 2 heterocycles. The molecule has 5 rings (SSSR count). The second-order valence-electron chi connectivity index (χ2n) is 8.79. The predicted octanol–water partition coefficient (Wildman–Crippen LogP) is 5.14. The fraction of sp³-hybridized carbons (Fsp3) is 0.304. The quantitative estimate of drug-likeness (QED) is 0.433. The Kier molecular flexibility index (Phi) is 4.55. The van der Waals surface area contributed by atoms with Gasteiger partial charge in [0, 0.05) is 16.9 Å². The molecule has 2 aromatic heterocycles. The zero-order valence-corrected chi connectivity index (χ0v) is 18.3. The van der Waals surface area contributed by atoms with Crippen LogP contribution < -0.4 is 5.32 Å². The number of thiazole rings is 1. The lowest BCUT2D eigenvalue weighted by molar-refractivity contribution is -0.117. The molecule has 0 spiro atoms. The Morgan fingerprint density at radius 3 is 2.74 bits per heavy atom. The average molecular weight is 435 g/mol. The van der Waals surface area contributed by atoms with Gasteiger partial charge in [-0.25, -0.2) is 9.78 Å². The number of hydrogen-bond acceptors (Lipinski definition) is 6. The first kappa shape index (κ1) is 19.7. The van der Waals surface area contributed by atoms with E-state index >= 15 is 0 Å². The van der Waals surface area contributed by atoms with E-state index in [1.54, 1.807) is 12.3 Å². The molecular weight excluding hydrogens is 412 g/mol. The lowest BCUT2D eigenvalue weighted by Gasteiger charge is -2.21. The Labute approximate surface area is 182 Å². The van der Waals surface area contributed by atoms with Gasteiger partial charge in [0.05, 0.1) is 27.5 Å². The first-order chi connectivity index (χ1) is 14.8. The molecule has 0 atom stereocenters. The van der Waals surface area contributed by atoms with Crippen molar-refractivity contribution < 1.29 is 14.3 Å². The Morgan fingerprint density at radius 2 is 2.00 bits per heavy atom. The highest BCUT2D eigenvalue weighted by Gasteiger charge is 2.30. The number of rotatable bonds is 4. The van der Waals surface area contributed by atoms with E-state index in [2.05, 4.69) is 20.5 Å². The number of amides is 1. The van der Waals surface area contributed by atoms with Gasteiger partial charge in [0.15, 0.2) is 5.13 Å². The minimum Gasteiger partial charge on any atom is -0.456 e. The van der Waals surface area contributed by atoms with Crippen LogP contribution in [0.3, 0.4) is 0 Å². The predicted molar refractivity (Wildman–Crippen MR) is 121 cm³/mol. The highest BCUT2D eigenvalue weighted by atomic mass is 32.1. The standard InChI is InChI=1S/C23H22N4O3S/c1-23(2,3)30-21(29)14-7-9-16-15(11-24-27-16)19(14)13-6-8-17-18(10-13)31-22(25-17)26-20(28)12-4-5-12/h6-12H,4-5H2,1-3H3,(H,24,27)(H,25,26,28). The number of esters is 1. The van der Waals surface area contributed by atoms with Crippen LogP contribution in [0.4, 0.5) is 5.13 Å². The van der Waals surface area contributed by atoms with Gasteiger partial charge in [-0.15, -0.1) is 0 Å². The number of anilines is 1. The number of aromatic nitrogens is 3. The Balaban J connectivity index is 1.58. The maximum absolute atomic E-state index is 13.0. The maximum atomic E-state index is 13.0. The molecule has 0 aliphatic heterocycles. The molecule has 158 valence electrons. The largest absolute Gasteiger partial charge is 0.456 e. The van der Waals surface area contributed by atoms with Crippen molar-refractivity contribution in [3.05, 3.63) is 42.1 Å². The molecule has 1 aliphatic carbocycles. The number of nitrogens with one attached hydrogen (secondary N) is 2. The van der Waals surface area contributed by atoms with E-state index in [1.807, 2.05) is 45.0 Å². The Morgan fingerprint density at radius 1 is 1.19 bits per heavy atom. The van der Waals surface area contributed by atoms with Crippen molar-refractivity contribution in [2.75, 3.05) is 5.32 Å². The van der Waals surface area contributed by atoms with Gasteiger partial charge in [-0.1, -0.05) is 17.4 Å². The molecule has 0 bridgehead atoms. The van der Waals surface area contributed by atoms with Crippen LogP contribution in [-0.4, -0.2) is 32.7 Å². The van der Waals surface area contributed by atoms with Crippen molar-refractivity contribution in [2.45, 2.75) is 39.2 Å². The Bertz CT molecular complexity index is 1330. The SMILES string of the molecule is CC(C)(C)OC(=O)c1ccc2[nH]ncc2c1-c1ccc2nc(NC(=O)C3CC3)sc2c1. The summed E-state index contributed by atoms with van der Waals surface area (Å²) in [7, 11) is 0. The summed E-state index contributed by atoms with van der Waals surface area (Å²) in [5, 5.41) is 11.5. The van der Waals surface area contributed by atoms with Gasteiger partial charge in [0.1, 0.15) is 5.60 Å². The van der Waals surface area contributed by atoms with E-state index in [9.17, 15) is 9.59 Å². The number of benzene rings is 2. The molecule has 1 aliphatic rings. The molecule has 1 fully saturated rings. The fourth-order valence-electron chi connectivity index (χ4n) is 3.52.